The smallest absolute Gasteiger partial charge is 0.234 e. The first-order valence-corrected chi connectivity index (χ1v) is 8.89. The van der Waals surface area contributed by atoms with Crippen molar-refractivity contribution in [1.29, 1.82) is 0 Å². The van der Waals surface area contributed by atoms with Crippen LogP contribution in [0.4, 0.5) is 0 Å². The van der Waals surface area contributed by atoms with Crippen LogP contribution in [0.1, 0.15) is 38.2 Å². The number of benzene rings is 1. The molecule has 0 radical (unpaired) electrons. The van der Waals surface area contributed by atoms with E-state index in [4.69, 9.17) is 9.47 Å². The van der Waals surface area contributed by atoms with Gasteiger partial charge in [-0.25, -0.2) is 0 Å². The summed E-state index contributed by atoms with van der Waals surface area (Å²) >= 11 is 0. The molecule has 1 aliphatic rings. The Morgan fingerprint density at radius 3 is 2.75 bits per heavy atom. The van der Waals surface area contributed by atoms with Gasteiger partial charge in [0.25, 0.3) is 0 Å². The van der Waals surface area contributed by atoms with Crippen LogP contribution in [0.15, 0.2) is 18.2 Å². The predicted octanol–water partition coefficient (Wildman–Crippen LogP) is 2.63. The number of methoxy groups -OCH3 is 2. The van der Waals surface area contributed by atoms with Gasteiger partial charge in [-0.2, -0.15) is 0 Å². The summed E-state index contributed by atoms with van der Waals surface area (Å²) in [6, 6.07) is 6.43. The molecule has 1 aliphatic heterocycles. The molecule has 1 amide bonds. The maximum atomic E-state index is 12.2. The number of amides is 1. The van der Waals surface area contributed by atoms with Crippen LogP contribution < -0.4 is 14.8 Å². The highest BCUT2D eigenvalue weighted by molar-refractivity contribution is 5.78. The Morgan fingerprint density at radius 1 is 1.25 bits per heavy atom. The average Bonchev–Trinajstić information content (AvgIpc) is 2.62. The molecule has 1 unspecified atom stereocenters. The maximum absolute atomic E-state index is 12.2. The van der Waals surface area contributed by atoms with Gasteiger partial charge in [0.05, 0.1) is 20.8 Å². The Bertz CT molecular complexity index is 533. The van der Waals surface area contributed by atoms with Gasteiger partial charge < -0.3 is 14.8 Å². The number of carbonyl (C=O) groups excluding carboxylic acids is 1. The number of ether oxygens (including phenoxy) is 2. The molecular formula is C19H30N2O3. The van der Waals surface area contributed by atoms with E-state index in [0.29, 0.717) is 19.1 Å². The standard InChI is InChI=1S/C19H30N2O3/c1-4-16-7-5-6-12-21(16)14-19(22)20-11-10-15-8-9-17(23-2)18(13-15)24-3/h8-9,13,16H,4-7,10-12,14H2,1-3H3,(H,20,22). The molecule has 0 bridgehead atoms. The maximum Gasteiger partial charge on any atom is 0.234 e. The molecule has 1 heterocycles. The van der Waals surface area contributed by atoms with Gasteiger partial charge in [-0.1, -0.05) is 19.4 Å². The summed E-state index contributed by atoms with van der Waals surface area (Å²) in [7, 11) is 3.26. The van der Waals surface area contributed by atoms with Crippen molar-refractivity contribution in [2.75, 3.05) is 33.9 Å². The normalized spacial score (nSPS) is 18.2. The lowest BCUT2D eigenvalue weighted by molar-refractivity contribution is -0.123. The molecule has 0 spiro atoms. The zero-order valence-corrected chi connectivity index (χ0v) is 15.1. The van der Waals surface area contributed by atoms with Gasteiger partial charge in [0.15, 0.2) is 11.5 Å². The van der Waals surface area contributed by atoms with Gasteiger partial charge in [-0.05, 0) is 49.9 Å². The van der Waals surface area contributed by atoms with Crippen molar-refractivity contribution < 1.29 is 14.3 Å². The van der Waals surface area contributed by atoms with Crippen molar-refractivity contribution >= 4 is 5.91 Å². The van der Waals surface area contributed by atoms with E-state index in [1.165, 1.54) is 19.3 Å². The molecule has 24 heavy (non-hydrogen) atoms. The molecule has 5 nitrogen and oxygen atoms in total. The second-order valence-electron chi connectivity index (χ2n) is 6.32. The first kappa shape index (κ1) is 18.6. The molecule has 2 rings (SSSR count). The SMILES string of the molecule is CCC1CCCCN1CC(=O)NCCc1ccc(OC)c(OC)c1. The van der Waals surface area contributed by atoms with Crippen molar-refractivity contribution in [3.63, 3.8) is 0 Å². The molecule has 0 aromatic heterocycles. The highest BCUT2D eigenvalue weighted by atomic mass is 16.5. The van der Waals surface area contributed by atoms with Crippen molar-refractivity contribution in [2.45, 2.75) is 45.1 Å². The van der Waals surface area contributed by atoms with Crippen LogP contribution in [-0.2, 0) is 11.2 Å². The van der Waals surface area contributed by atoms with Crippen LogP contribution >= 0.6 is 0 Å². The molecule has 1 aromatic rings. The van der Waals surface area contributed by atoms with Crippen molar-refractivity contribution in [2.24, 2.45) is 0 Å². The predicted molar refractivity (Wildman–Crippen MR) is 95.8 cm³/mol. The van der Waals surface area contributed by atoms with Crippen LogP contribution in [0.5, 0.6) is 11.5 Å². The lowest BCUT2D eigenvalue weighted by atomic mass is 10.00. The molecule has 0 saturated carbocycles. The number of carbonyl (C=O) groups is 1. The Kier molecular flexibility index (Phi) is 7.37. The number of hydrogen-bond donors (Lipinski definition) is 1. The summed E-state index contributed by atoms with van der Waals surface area (Å²) < 4.78 is 10.5. The first-order valence-electron chi connectivity index (χ1n) is 8.89. The quantitative estimate of drug-likeness (QED) is 0.794. The fourth-order valence-corrected chi connectivity index (χ4v) is 3.35. The molecule has 1 fully saturated rings. The number of rotatable bonds is 8. The number of nitrogens with one attached hydrogen (secondary N) is 1. The molecule has 134 valence electrons. The van der Waals surface area contributed by atoms with Gasteiger partial charge >= 0.3 is 0 Å². The van der Waals surface area contributed by atoms with Gasteiger partial charge in [-0.3, -0.25) is 9.69 Å². The summed E-state index contributed by atoms with van der Waals surface area (Å²) in [5, 5.41) is 3.04. The molecule has 1 atom stereocenters. The summed E-state index contributed by atoms with van der Waals surface area (Å²) in [5.74, 6) is 1.57. The zero-order chi connectivity index (χ0) is 17.4. The van der Waals surface area contributed by atoms with Crippen molar-refractivity contribution in [3.05, 3.63) is 23.8 Å². The summed E-state index contributed by atoms with van der Waals surface area (Å²) in [6.07, 6.45) is 5.61. The van der Waals surface area contributed by atoms with Crippen molar-refractivity contribution in [1.82, 2.24) is 10.2 Å². The largest absolute Gasteiger partial charge is 0.493 e. The minimum Gasteiger partial charge on any atom is -0.493 e. The highest BCUT2D eigenvalue weighted by Gasteiger charge is 2.22. The molecule has 1 aromatic carbocycles. The second-order valence-corrected chi connectivity index (χ2v) is 6.32. The molecular weight excluding hydrogens is 304 g/mol. The van der Waals surface area contributed by atoms with Crippen LogP contribution in [0.2, 0.25) is 0 Å². The van der Waals surface area contributed by atoms with Gasteiger partial charge in [0, 0.05) is 12.6 Å². The number of hydrogen-bond acceptors (Lipinski definition) is 4. The lowest BCUT2D eigenvalue weighted by Gasteiger charge is -2.34. The number of likely N-dealkylation sites (tertiary alicyclic amines) is 1. The summed E-state index contributed by atoms with van der Waals surface area (Å²) in [4.78, 5) is 14.5. The molecule has 1 saturated heterocycles. The Balaban J connectivity index is 1.78. The van der Waals surface area contributed by atoms with Gasteiger partial charge in [0.2, 0.25) is 5.91 Å². The second kappa shape index (κ2) is 9.52. The third-order valence-corrected chi connectivity index (χ3v) is 4.75. The fraction of sp³-hybridized carbons (Fsp3) is 0.632. The summed E-state index contributed by atoms with van der Waals surface area (Å²) in [5.41, 5.74) is 1.12. The zero-order valence-electron chi connectivity index (χ0n) is 15.1. The van der Waals surface area contributed by atoms with E-state index in [-0.39, 0.29) is 5.91 Å². The highest BCUT2D eigenvalue weighted by Crippen LogP contribution is 2.27. The van der Waals surface area contributed by atoms with E-state index in [1.54, 1.807) is 14.2 Å². The topological polar surface area (TPSA) is 50.8 Å². The minimum atomic E-state index is 0.121. The van der Waals surface area contributed by atoms with Crippen LogP contribution in [0, 0.1) is 0 Å². The summed E-state index contributed by atoms with van der Waals surface area (Å²) in [6.45, 7) is 4.41. The van der Waals surface area contributed by atoms with Crippen LogP contribution in [-0.4, -0.2) is 50.7 Å². The fourth-order valence-electron chi connectivity index (χ4n) is 3.35. The third-order valence-electron chi connectivity index (χ3n) is 4.75. The number of piperidine rings is 1. The van der Waals surface area contributed by atoms with Crippen LogP contribution in [0.25, 0.3) is 0 Å². The van der Waals surface area contributed by atoms with E-state index < -0.39 is 0 Å². The van der Waals surface area contributed by atoms with E-state index in [1.807, 2.05) is 18.2 Å². The Morgan fingerprint density at radius 2 is 2.04 bits per heavy atom. The first-order chi connectivity index (χ1) is 11.7. The van der Waals surface area contributed by atoms with Gasteiger partial charge in [-0.15, -0.1) is 0 Å². The van der Waals surface area contributed by atoms with E-state index in [9.17, 15) is 4.79 Å². The molecule has 1 N–H and O–H groups in total. The third kappa shape index (κ3) is 5.13. The monoisotopic (exact) mass is 334 g/mol. The van der Waals surface area contributed by atoms with Gasteiger partial charge in [0.1, 0.15) is 0 Å². The molecule has 0 aliphatic carbocycles. The van der Waals surface area contributed by atoms with Crippen molar-refractivity contribution in [3.8, 4) is 11.5 Å². The van der Waals surface area contributed by atoms with E-state index in [2.05, 4.69) is 17.1 Å². The minimum absolute atomic E-state index is 0.121. The lowest BCUT2D eigenvalue weighted by Crippen LogP contribution is -2.45. The Labute approximate surface area is 145 Å². The average molecular weight is 334 g/mol. The van der Waals surface area contributed by atoms with E-state index >= 15 is 0 Å². The van der Waals surface area contributed by atoms with Crippen LogP contribution in [0.3, 0.4) is 0 Å². The Hall–Kier alpha value is -1.75. The van der Waals surface area contributed by atoms with E-state index in [0.717, 1.165) is 36.4 Å². The number of nitrogens with zero attached hydrogens (tertiary/aromatic N) is 1. The molecule has 5 heteroatoms.